The number of esters is 1. The lowest BCUT2D eigenvalue weighted by Crippen LogP contribution is -2.32. The van der Waals surface area contributed by atoms with Crippen molar-refractivity contribution in [2.24, 2.45) is 29.1 Å². The Morgan fingerprint density at radius 1 is 1.00 bits per heavy atom. The van der Waals surface area contributed by atoms with Crippen molar-refractivity contribution in [1.29, 1.82) is 0 Å². The smallest absolute Gasteiger partial charge is 0.338 e. The summed E-state index contributed by atoms with van der Waals surface area (Å²) in [6, 6.07) is 6.26. The van der Waals surface area contributed by atoms with Crippen LogP contribution in [0, 0.1) is 29.1 Å². The van der Waals surface area contributed by atoms with Gasteiger partial charge < -0.3 is 4.74 Å². The minimum absolute atomic E-state index is 0.103. The average Bonchev–Trinajstić information content (AvgIpc) is 3.32. The summed E-state index contributed by atoms with van der Waals surface area (Å²) in [7, 11) is 0. The number of ether oxygens (including phenoxy) is 1. The van der Waals surface area contributed by atoms with Gasteiger partial charge in [0.15, 0.2) is 12.4 Å². The number of carbonyl (C=O) groups is 4. The van der Waals surface area contributed by atoms with Gasteiger partial charge in [-0.25, -0.2) is 4.79 Å². The molecule has 4 rings (SSSR count). The predicted molar refractivity (Wildman–Crippen MR) is 101 cm³/mol. The van der Waals surface area contributed by atoms with Crippen LogP contribution in [0.25, 0.3) is 0 Å². The normalized spacial score (nSPS) is 28.6. The van der Waals surface area contributed by atoms with E-state index < -0.39 is 11.4 Å². The number of carbonyl (C=O) groups excluding carboxylic acids is 4. The van der Waals surface area contributed by atoms with Crippen molar-refractivity contribution >= 4 is 29.3 Å². The first kappa shape index (κ1) is 18.8. The second-order valence-electron chi connectivity index (χ2n) is 9.19. The topological polar surface area (TPSA) is 80.8 Å². The van der Waals surface area contributed by atoms with E-state index in [0.29, 0.717) is 17.5 Å². The van der Waals surface area contributed by atoms with Crippen LogP contribution in [0.15, 0.2) is 24.3 Å². The summed E-state index contributed by atoms with van der Waals surface area (Å²) in [6.45, 7) is 5.02. The Morgan fingerprint density at radius 2 is 1.54 bits per heavy atom. The number of benzene rings is 1. The van der Waals surface area contributed by atoms with Gasteiger partial charge in [-0.15, -0.1) is 0 Å². The Kier molecular flexibility index (Phi) is 4.40. The third kappa shape index (κ3) is 2.95. The summed E-state index contributed by atoms with van der Waals surface area (Å²) in [5.74, 6) is -0.623. The van der Waals surface area contributed by atoms with Crippen LogP contribution in [0.3, 0.4) is 0 Å². The summed E-state index contributed by atoms with van der Waals surface area (Å²) in [5.41, 5.74) is 0.203. The van der Waals surface area contributed by atoms with Gasteiger partial charge >= 0.3 is 5.97 Å². The molecule has 0 N–H and O–H groups in total. The zero-order chi connectivity index (χ0) is 20.2. The molecule has 2 bridgehead atoms. The van der Waals surface area contributed by atoms with Gasteiger partial charge in [0.1, 0.15) is 0 Å². The van der Waals surface area contributed by atoms with Gasteiger partial charge in [0, 0.05) is 5.41 Å². The van der Waals surface area contributed by atoms with Crippen LogP contribution in [0.5, 0.6) is 0 Å². The Hall–Kier alpha value is -2.50. The molecule has 1 heterocycles. The number of nitrogens with zero attached hydrogens (tertiary/aromatic N) is 1. The van der Waals surface area contributed by atoms with Crippen molar-refractivity contribution in [3.8, 4) is 0 Å². The molecule has 148 valence electrons. The Labute approximate surface area is 164 Å². The maximum Gasteiger partial charge on any atom is 0.338 e. The Morgan fingerprint density at radius 3 is 2.04 bits per heavy atom. The van der Waals surface area contributed by atoms with E-state index >= 15 is 0 Å². The summed E-state index contributed by atoms with van der Waals surface area (Å²) < 4.78 is 5.09. The van der Waals surface area contributed by atoms with Crippen molar-refractivity contribution in [3.05, 3.63) is 29.8 Å². The van der Waals surface area contributed by atoms with Gasteiger partial charge in [-0.1, -0.05) is 20.8 Å². The molecule has 2 aliphatic carbocycles. The minimum Gasteiger partial charge on any atom is -0.454 e. The monoisotopic (exact) mass is 383 g/mol. The van der Waals surface area contributed by atoms with Gasteiger partial charge in [0.25, 0.3) is 0 Å². The molecule has 1 aromatic rings. The Balaban J connectivity index is 1.45. The lowest BCUT2D eigenvalue weighted by Gasteiger charge is -2.19. The number of hydrogen-bond donors (Lipinski definition) is 0. The van der Waals surface area contributed by atoms with E-state index in [1.165, 1.54) is 17.0 Å². The van der Waals surface area contributed by atoms with E-state index in [0.717, 1.165) is 19.3 Å². The molecule has 2 amide bonds. The molecule has 4 atom stereocenters. The molecule has 1 aliphatic heterocycles. The van der Waals surface area contributed by atoms with Crippen LogP contribution in [-0.2, 0) is 19.1 Å². The second-order valence-corrected chi connectivity index (χ2v) is 9.19. The third-order valence-electron chi connectivity index (χ3n) is 6.46. The zero-order valence-corrected chi connectivity index (χ0v) is 16.4. The first-order chi connectivity index (χ1) is 13.2. The highest BCUT2D eigenvalue weighted by Crippen LogP contribution is 2.56. The van der Waals surface area contributed by atoms with E-state index in [2.05, 4.69) is 0 Å². The summed E-state index contributed by atoms with van der Waals surface area (Å²) in [4.78, 5) is 51.1. The quantitative estimate of drug-likeness (QED) is 0.590. The van der Waals surface area contributed by atoms with Gasteiger partial charge in [0.05, 0.1) is 23.1 Å². The fraction of sp³-hybridized carbons (Fsp3) is 0.545. The number of fused-ring (bicyclic) bond motifs is 5. The number of rotatable bonds is 4. The van der Waals surface area contributed by atoms with Gasteiger partial charge in [-0.3, -0.25) is 19.3 Å². The minimum atomic E-state index is -0.599. The van der Waals surface area contributed by atoms with Gasteiger partial charge in [-0.05, 0) is 55.4 Å². The van der Waals surface area contributed by atoms with E-state index in [9.17, 15) is 19.2 Å². The molecule has 0 radical (unpaired) electrons. The maximum atomic E-state index is 12.9. The molecule has 1 saturated heterocycles. The molecule has 6 heteroatoms. The summed E-state index contributed by atoms with van der Waals surface area (Å²) in [6.07, 6.45) is 3.08. The predicted octanol–water partition coefficient (Wildman–Crippen LogP) is 2.99. The largest absolute Gasteiger partial charge is 0.454 e. The van der Waals surface area contributed by atoms with Crippen molar-refractivity contribution in [3.63, 3.8) is 0 Å². The molecule has 6 nitrogen and oxygen atoms in total. The maximum absolute atomic E-state index is 12.9. The zero-order valence-electron chi connectivity index (χ0n) is 16.4. The van der Waals surface area contributed by atoms with Crippen LogP contribution in [0.4, 0.5) is 5.69 Å². The highest BCUT2D eigenvalue weighted by molar-refractivity contribution is 6.22. The number of anilines is 1. The lowest BCUT2D eigenvalue weighted by molar-refractivity contribution is -0.129. The number of hydrogen-bond acceptors (Lipinski definition) is 5. The molecule has 0 aromatic heterocycles. The molecule has 1 aromatic carbocycles. The van der Waals surface area contributed by atoms with Gasteiger partial charge in [0.2, 0.25) is 11.8 Å². The van der Waals surface area contributed by atoms with Gasteiger partial charge in [-0.2, -0.15) is 0 Å². The first-order valence-electron chi connectivity index (χ1n) is 9.87. The molecule has 2 saturated carbocycles. The average molecular weight is 383 g/mol. The van der Waals surface area contributed by atoms with Crippen LogP contribution in [0.1, 0.15) is 50.4 Å². The van der Waals surface area contributed by atoms with E-state index in [-0.39, 0.29) is 41.6 Å². The number of ketones is 1. The lowest BCUT2D eigenvalue weighted by atomic mass is 9.81. The number of Topliss-reactive ketones (excluding diaryl/α,β-unsaturated/α-hetero) is 1. The van der Waals surface area contributed by atoms with Crippen LogP contribution in [-0.4, -0.2) is 30.2 Å². The number of amides is 2. The highest BCUT2D eigenvalue weighted by atomic mass is 16.5. The van der Waals surface area contributed by atoms with Crippen LogP contribution >= 0.6 is 0 Å². The highest BCUT2D eigenvalue weighted by Gasteiger charge is 2.61. The molecular weight excluding hydrogens is 358 g/mol. The standard InChI is InChI=1S/C22H25NO5/c1-22(2,3)16(24)11-28-21(27)12-6-8-15(9-7-12)23-19(25)17-13-4-5-14(10-13)18(17)20(23)26/h6-9,13-14,17-18H,4-5,10-11H2,1-3H3/t13-,14+,17-,18-/m0/s1. The second kappa shape index (κ2) is 6.54. The SMILES string of the molecule is CC(C)(C)C(=O)COC(=O)c1ccc(N2C(=O)[C@H]3[C@@H]4CC[C@@H](C4)[C@@H]3C2=O)cc1. The van der Waals surface area contributed by atoms with Crippen LogP contribution < -0.4 is 4.90 Å². The van der Waals surface area contributed by atoms with Crippen molar-refractivity contribution in [2.45, 2.75) is 40.0 Å². The molecule has 3 fully saturated rings. The van der Waals surface area contributed by atoms with E-state index in [1.807, 2.05) is 0 Å². The fourth-order valence-electron chi connectivity index (χ4n) is 4.84. The van der Waals surface area contributed by atoms with Crippen molar-refractivity contribution < 1.29 is 23.9 Å². The first-order valence-corrected chi connectivity index (χ1v) is 9.87. The molecule has 3 aliphatic rings. The van der Waals surface area contributed by atoms with Crippen molar-refractivity contribution in [1.82, 2.24) is 0 Å². The molecule has 0 unspecified atom stereocenters. The summed E-state index contributed by atoms with van der Waals surface area (Å²) in [5, 5.41) is 0. The molecule has 0 spiro atoms. The molecular formula is C22H25NO5. The van der Waals surface area contributed by atoms with E-state index in [1.54, 1.807) is 32.9 Å². The number of imide groups is 1. The summed E-state index contributed by atoms with van der Waals surface area (Å²) >= 11 is 0. The van der Waals surface area contributed by atoms with Crippen LogP contribution in [0.2, 0.25) is 0 Å². The van der Waals surface area contributed by atoms with Crippen molar-refractivity contribution in [2.75, 3.05) is 11.5 Å². The fourth-order valence-corrected chi connectivity index (χ4v) is 4.84. The van der Waals surface area contributed by atoms with E-state index in [4.69, 9.17) is 4.74 Å². The third-order valence-corrected chi connectivity index (χ3v) is 6.46. The molecule has 28 heavy (non-hydrogen) atoms. The Bertz CT molecular complexity index is 823.